The van der Waals surface area contributed by atoms with Crippen molar-refractivity contribution in [3.8, 4) is 0 Å². The Morgan fingerprint density at radius 2 is 1.70 bits per heavy atom. The molecule has 1 aliphatic carbocycles. The third kappa shape index (κ3) is 13.5. The Bertz CT molecular complexity index is 1280. The van der Waals surface area contributed by atoms with Gasteiger partial charge in [0.05, 0.1) is 30.3 Å². The Kier molecular flexibility index (Phi) is 17.5. The predicted octanol–water partition coefficient (Wildman–Crippen LogP) is 8.59. The first-order chi connectivity index (χ1) is 24.2. The molecule has 3 fully saturated rings. The molecule has 2 aliphatic heterocycles. The van der Waals surface area contributed by atoms with Gasteiger partial charge in [-0.15, -0.1) is 0 Å². The maximum absolute atomic E-state index is 13.6. The fraction of sp³-hybridized carbons (Fsp3) is 0.725. The predicted molar refractivity (Wildman–Crippen MR) is 194 cm³/mol. The summed E-state index contributed by atoms with van der Waals surface area (Å²) in [6.45, 7) is 7.81. The van der Waals surface area contributed by atoms with Gasteiger partial charge in [-0.25, -0.2) is 0 Å². The average molecular weight is 719 g/mol. The van der Waals surface area contributed by atoms with Crippen molar-refractivity contribution < 1.29 is 41.1 Å². The zero-order chi connectivity index (χ0) is 35.8. The first-order valence-electron chi connectivity index (χ1n) is 19.1. The van der Waals surface area contributed by atoms with Gasteiger partial charge >= 0.3 is 5.97 Å². The van der Waals surface area contributed by atoms with Gasteiger partial charge < -0.3 is 23.7 Å². The standard InChI is InChI=1S/C40H62O9S/c1-5-6-15-31(3)28-32(47-39-18-11-13-26-45-39)22-25-35-34(16-9-7-8-10-17-38(41)44-4)37(29-36(35)48-40-19-12-14-27-46-40)49-50(42,43)33-23-20-30(2)21-24-33/h7,9,20-25,31-32,34-37,39-40H,5-6,8,10-19,26-29H2,1-4H3/b9-7-,25-22+/t31-,32-,34+,35+,36+,37+,39?,40?/m0/s1. The number of rotatable bonds is 20. The summed E-state index contributed by atoms with van der Waals surface area (Å²) in [6.07, 6.45) is 20.0. The first-order valence-corrected chi connectivity index (χ1v) is 20.5. The fourth-order valence-corrected chi connectivity index (χ4v) is 8.33. The third-order valence-electron chi connectivity index (χ3n) is 10.1. The van der Waals surface area contributed by atoms with E-state index in [9.17, 15) is 13.2 Å². The Labute approximate surface area is 301 Å². The van der Waals surface area contributed by atoms with E-state index in [0.29, 0.717) is 38.2 Å². The van der Waals surface area contributed by atoms with Crippen LogP contribution in [-0.4, -0.2) is 65.6 Å². The molecule has 50 heavy (non-hydrogen) atoms. The van der Waals surface area contributed by atoms with Gasteiger partial charge in [0.2, 0.25) is 0 Å². The quantitative estimate of drug-likeness (QED) is 0.0567. The number of esters is 1. The molecule has 2 heterocycles. The first kappa shape index (κ1) is 40.7. The number of hydrogen-bond donors (Lipinski definition) is 0. The molecule has 1 saturated carbocycles. The van der Waals surface area contributed by atoms with Crippen molar-refractivity contribution in [1.29, 1.82) is 0 Å². The van der Waals surface area contributed by atoms with Crippen molar-refractivity contribution in [3.63, 3.8) is 0 Å². The summed E-state index contributed by atoms with van der Waals surface area (Å²) in [4.78, 5) is 11.8. The topological polar surface area (TPSA) is 107 Å². The lowest BCUT2D eigenvalue weighted by molar-refractivity contribution is -0.193. The van der Waals surface area contributed by atoms with Crippen molar-refractivity contribution in [3.05, 3.63) is 54.1 Å². The Balaban J connectivity index is 1.61. The summed E-state index contributed by atoms with van der Waals surface area (Å²) in [7, 11) is -2.63. The van der Waals surface area contributed by atoms with E-state index in [1.54, 1.807) is 24.3 Å². The van der Waals surface area contributed by atoms with E-state index in [2.05, 4.69) is 38.2 Å². The monoisotopic (exact) mass is 718 g/mol. The van der Waals surface area contributed by atoms with Crippen LogP contribution in [-0.2, 0) is 42.8 Å². The van der Waals surface area contributed by atoms with E-state index < -0.39 is 16.2 Å². The lowest BCUT2D eigenvalue weighted by Gasteiger charge is -2.30. The molecule has 0 aromatic heterocycles. The van der Waals surface area contributed by atoms with Crippen molar-refractivity contribution in [2.24, 2.45) is 17.8 Å². The lowest BCUT2D eigenvalue weighted by atomic mass is 9.88. The van der Waals surface area contributed by atoms with E-state index >= 15 is 0 Å². The minimum Gasteiger partial charge on any atom is -0.469 e. The van der Waals surface area contributed by atoms with Gasteiger partial charge in [0.25, 0.3) is 10.1 Å². The Morgan fingerprint density at radius 1 is 0.980 bits per heavy atom. The van der Waals surface area contributed by atoms with Crippen LogP contribution < -0.4 is 0 Å². The van der Waals surface area contributed by atoms with E-state index in [1.165, 1.54) is 13.5 Å². The maximum atomic E-state index is 13.6. The van der Waals surface area contributed by atoms with Gasteiger partial charge in [0.15, 0.2) is 12.6 Å². The number of hydrogen-bond acceptors (Lipinski definition) is 9. The smallest absolute Gasteiger partial charge is 0.305 e. The van der Waals surface area contributed by atoms with Crippen LogP contribution in [0.15, 0.2) is 53.5 Å². The average Bonchev–Trinajstić information content (AvgIpc) is 3.42. The van der Waals surface area contributed by atoms with Crippen molar-refractivity contribution in [2.75, 3.05) is 20.3 Å². The van der Waals surface area contributed by atoms with Crippen molar-refractivity contribution in [1.82, 2.24) is 0 Å². The minimum absolute atomic E-state index is 0.136. The number of allylic oxidation sites excluding steroid dienone is 2. The third-order valence-corrected chi connectivity index (χ3v) is 11.5. The summed E-state index contributed by atoms with van der Waals surface area (Å²) in [5.74, 6) is -0.0544. The number of benzene rings is 1. The van der Waals surface area contributed by atoms with Gasteiger partial charge in [0.1, 0.15) is 0 Å². The molecular weight excluding hydrogens is 656 g/mol. The summed E-state index contributed by atoms with van der Waals surface area (Å²) < 4.78 is 63.5. The Morgan fingerprint density at radius 3 is 2.36 bits per heavy atom. The van der Waals surface area contributed by atoms with Crippen molar-refractivity contribution in [2.45, 2.75) is 153 Å². The molecule has 1 aromatic carbocycles. The van der Waals surface area contributed by atoms with E-state index in [-0.39, 0.29) is 47.5 Å². The van der Waals surface area contributed by atoms with Crippen LogP contribution in [0, 0.1) is 24.7 Å². The Hall–Kier alpha value is -2.08. The molecule has 2 unspecified atom stereocenters. The molecule has 8 atom stereocenters. The largest absolute Gasteiger partial charge is 0.469 e. The molecule has 9 nitrogen and oxygen atoms in total. The summed E-state index contributed by atoms with van der Waals surface area (Å²) >= 11 is 0. The molecule has 2 saturated heterocycles. The highest BCUT2D eigenvalue weighted by Crippen LogP contribution is 2.42. The molecule has 3 aliphatic rings. The van der Waals surface area contributed by atoms with Crippen LogP contribution in [0.5, 0.6) is 0 Å². The molecule has 0 N–H and O–H groups in total. The number of carbonyl (C=O) groups excluding carboxylic acids is 1. The number of unbranched alkanes of at least 4 members (excludes halogenated alkanes) is 2. The van der Waals surface area contributed by atoms with Gasteiger partial charge in [-0.3, -0.25) is 8.98 Å². The molecule has 282 valence electrons. The van der Waals surface area contributed by atoms with Crippen LogP contribution in [0.3, 0.4) is 0 Å². The minimum atomic E-state index is -4.03. The molecule has 0 bridgehead atoms. The van der Waals surface area contributed by atoms with E-state index in [4.69, 9.17) is 27.9 Å². The number of carbonyl (C=O) groups is 1. The van der Waals surface area contributed by atoms with Crippen LogP contribution in [0.1, 0.15) is 116 Å². The second kappa shape index (κ2) is 21.4. The number of ether oxygens (including phenoxy) is 5. The molecule has 0 spiro atoms. The molecule has 10 heteroatoms. The van der Waals surface area contributed by atoms with Crippen LogP contribution in [0.4, 0.5) is 0 Å². The highest BCUT2D eigenvalue weighted by Gasteiger charge is 2.46. The second-order valence-corrected chi connectivity index (χ2v) is 15.9. The number of methoxy groups -OCH3 is 1. The van der Waals surface area contributed by atoms with Gasteiger partial charge in [0, 0.05) is 32.0 Å². The zero-order valence-corrected chi connectivity index (χ0v) is 31.7. The molecule has 0 amide bonds. The maximum Gasteiger partial charge on any atom is 0.305 e. The highest BCUT2D eigenvalue weighted by atomic mass is 32.2. The number of aryl methyl sites for hydroxylation is 1. The summed E-state index contributed by atoms with van der Waals surface area (Å²) in [5.41, 5.74) is 0.977. The zero-order valence-electron chi connectivity index (χ0n) is 30.8. The van der Waals surface area contributed by atoms with Gasteiger partial charge in [-0.05, 0) is 95.1 Å². The van der Waals surface area contributed by atoms with Gasteiger partial charge in [-0.1, -0.05) is 75.1 Å². The van der Waals surface area contributed by atoms with Gasteiger partial charge in [-0.2, -0.15) is 8.42 Å². The van der Waals surface area contributed by atoms with Crippen molar-refractivity contribution >= 4 is 16.1 Å². The lowest BCUT2D eigenvalue weighted by Crippen LogP contribution is -2.31. The van der Waals surface area contributed by atoms with E-state index in [0.717, 1.165) is 76.4 Å². The molecule has 1 aromatic rings. The van der Waals surface area contributed by atoms with Crippen LogP contribution in [0.25, 0.3) is 0 Å². The molecule has 4 rings (SSSR count). The normalized spacial score (nSPS) is 27.5. The van der Waals surface area contributed by atoms with Crippen LogP contribution >= 0.6 is 0 Å². The molecular formula is C40H62O9S. The summed E-state index contributed by atoms with van der Waals surface area (Å²) in [6, 6.07) is 6.78. The van der Waals surface area contributed by atoms with Crippen LogP contribution in [0.2, 0.25) is 0 Å². The highest BCUT2D eigenvalue weighted by molar-refractivity contribution is 7.86. The second-order valence-electron chi connectivity index (χ2n) is 14.4. The fourth-order valence-electron chi connectivity index (χ4n) is 7.20. The molecule has 0 radical (unpaired) electrons. The van der Waals surface area contributed by atoms with E-state index in [1.807, 2.05) is 6.92 Å². The summed E-state index contributed by atoms with van der Waals surface area (Å²) in [5, 5.41) is 0. The SMILES string of the molecule is CCCC[C@H](C)C[C@H](/C=C/[C@@H]1[C@@H](C/C=C\CCCC(=O)OC)[C@H](OS(=O)(=O)c2ccc(C)cc2)C[C@H]1OC1CCCCO1)OC1CCCCO1.